The summed E-state index contributed by atoms with van der Waals surface area (Å²) in [5, 5.41) is 2.97. The number of nitrogens with one attached hydrogen (secondary N) is 1. The van der Waals surface area contributed by atoms with Gasteiger partial charge in [0.25, 0.3) is 0 Å². The van der Waals surface area contributed by atoms with Crippen molar-refractivity contribution in [3.8, 4) is 0 Å². The van der Waals surface area contributed by atoms with Gasteiger partial charge in [0, 0.05) is 18.4 Å². The Balaban J connectivity index is 2.09. The Kier molecular flexibility index (Phi) is 10.2. The predicted octanol–water partition coefficient (Wildman–Crippen LogP) is 4.65. The maximum atomic E-state index is 13.4. The van der Waals surface area contributed by atoms with Crippen LogP contribution in [0.15, 0.2) is 25.3 Å². The van der Waals surface area contributed by atoms with E-state index in [4.69, 9.17) is 4.74 Å². The van der Waals surface area contributed by atoms with Crippen LogP contribution in [-0.2, 0) is 19.1 Å². The van der Waals surface area contributed by atoms with E-state index in [1.807, 2.05) is 13.0 Å². The number of likely N-dealkylation sites (tertiary alicyclic amines) is 1. The Morgan fingerprint density at radius 2 is 1.91 bits per heavy atom. The first-order valence-corrected chi connectivity index (χ1v) is 12.7. The molecule has 0 radical (unpaired) electrons. The van der Waals surface area contributed by atoms with Crippen LogP contribution in [0.4, 0.5) is 0 Å². The van der Waals surface area contributed by atoms with E-state index >= 15 is 0 Å². The molecule has 1 heterocycles. The molecule has 0 aromatic heterocycles. The predicted molar refractivity (Wildman–Crippen MR) is 131 cm³/mol. The molecular formula is C27H44N2O4. The summed E-state index contributed by atoms with van der Waals surface area (Å²) in [6.07, 6.45) is 10.7. The van der Waals surface area contributed by atoms with Gasteiger partial charge in [-0.05, 0) is 57.3 Å². The molecule has 2 fully saturated rings. The summed E-state index contributed by atoms with van der Waals surface area (Å²) in [7, 11) is 0. The maximum absolute atomic E-state index is 13.4. The summed E-state index contributed by atoms with van der Waals surface area (Å²) in [5.74, 6) is -0.0787. The van der Waals surface area contributed by atoms with Crippen molar-refractivity contribution < 1.29 is 19.1 Å². The van der Waals surface area contributed by atoms with Gasteiger partial charge >= 0.3 is 5.97 Å². The number of unbranched alkanes of at least 4 members (excludes halogenated alkanes) is 3. The van der Waals surface area contributed by atoms with E-state index in [1.165, 1.54) is 0 Å². The average molecular weight is 461 g/mol. The number of amides is 2. The Morgan fingerprint density at radius 3 is 2.48 bits per heavy atom. The van der Waals surface area contributed by atoms with Gasteiger partial charge in [-0.1, -0.05) is 45.8 Å². The zero-order chi connectivity index (χ0) is 24.6. The molecule has 6 nitrogen and oxygen atoms in total. The highest BCUT2D eigenvalue weighted by molar-refractivity contribution is 5.95. The van der Waals surface area contributed by atoms with Gasteiger partial charge in [0.1, 0.15) is 11.6 Å². The van der Waals surface area contributed by atoms with E-state index in [-0.39, 0.29) is 36.2 Å². The normalized spacial score (nSPS) is 27.2. The number of hydrogen-bond acceptors (Lipinski definition) is 4. The molecular weight excluding hydrogens is 416 g/mol. The largest absolute Gasteiger partial charge is 0.464 e. The first-order chi connectivity index (χ1) is 15.7. The Morgan fingerprint density at radius 1 is 1.18 bits per heavy atom. The second kappa shape index (κ2) is 12.4. The second-order valence-corrected chi connectivity index (χ2v) is 10.3. The van der Waals surface area contributed by atoms with E-state index in [1.54, 1.807) is 17.9 Å². The minimum atomic E-state index is -1.03. The van der Waals surface area contributed by atoms with Gasteiger partial charge in [-0.25, -0.2) is 4.79 Å². The number of allylic oxidation sites excluding steroid dienone is 1. The summed E-state index contributed by atoms with van der Waals surface area (Å²) in [4.78, 5) is 41.2. The van der Waals surface area contributed by atoms with Crippen LogP contribution in [0.2, 0.25) is 0 Å². The van der Waals surface area contributed by atoms with Crippen molar-refractivity contribution in [3.05, 3.63) is 25.3 Å². The van der Waals surface area contributed by atoms with E-state index in [0.717, 1.165) is 38.5 Å². The molecule has 0 aromatic carbocycles. The molecule has 0 bridgehead atoms. The number of esters is 1. The summed E-state index contributed by atoms with van der Waals surface area (Å²) in [5.41, 5.74) is -1.03. The van der Waals surface area contributed by atoms with Crippen molar-refractivity contribution >= 4 is 17.8 Å². The molecule has 5 atom stereocenters. The minimum Gasteiger partial charge on any atom is -0.464 e. The lowest BCUT2D eigenvalue weighted by molar-refractivity contribution is -0.150. The monoisotopic (exact) mass is 460 g/mol. The highest BCUT2D eigenvalue weighted by Gasteiger charge is 2.62. The lowest BCUT2D eigenvalue weighted by atomic mass is 9.94. The molecule has 186 valence electrons. The van der Waals surface area contributed by atoms with E-state index in [0.29, 0.717) is 25.3 Å². The molecule has 1 aliphatic carbocycles. The smallest absolute Gasteiger partial charge is 0.332 e. The topological polar surface area (TPSA) is 75.7 Å². The van der Waals surface area contributed by atoms with Gasteiger partial charge in [-0.3, -0.25) is 9.59 Å². The van der Waals surface area contributed by atoms with Crippen molar-refractivity contribution in [1.82, 2.24) is 10.2 Å². The fourth-order valence-electron chi connectivity index (χ4n) is 5.14. The van der Waals surface area contributed by atoms with E-state index < -0.39 is 17.6 Å². The molecule has 33 heavy (non-hydrogen) atoms. The lowest BCUT2D eigenvalue weighted by Crippen LogP contribution is -2.54. The highest BCUT2D eigenvalue weighted by atomic mass is 16.5. The van der Waals surface area contributed by atoms with Crippen molar-refractivity contribution in [3.63, 3.8) is 0 Å². The third-order valence-electron chi connectivity index (χ3n) is 7.03. The molecule has 0 unspecified atom stereocenters. The van der Waals surface area contributed by atoms with Crippen molar-refractivity contribution in [1.29, 1.82) is 0 Å². The summed E-state index contributed by atoms with van der Waals surface area (Å²) in [6, 6.07) is -0.540. The lowest BCUT2D eigenvalue weighted by Gasteiger charge is -2.28. The SMILES string of the molecule is C=CCCCCC[C@H](C)C(=O)N1C[C@H](CC(C)C)C[C@H]1C(=O)N[C@]1(C(=O)OCC)C[C@H]1C=C. The van der Waals surface area contributed by atoms with Crippen LogP contribution in [0.5, 0.6) is 0 Å². The van der Waals surface area contributed by atoms with Gasteiger partial charge in [-0.15, -0.1) is 13.2 Å². The van der Waals surface area contributed by atoms with Crippen LogP contribution >= 0.6 is 0 Å². The summed E-state index contributed by atoms with van der Waals surface area (Å²) in [6.45, 7) is 16.5. The van der Waals surface area contributed by atoms with Gasteiger partial charge in [0.15, 0.2) is 0 Å². The minimum absolute atomic E-state index is 0.0476. The number of nitrogens with zero attached hydrogens (tertiary/aromatic N) is 1. The molecule has 1 saturated heterocycles. The fraction of sp³-hybridized carbons (Fsp3) is 0.741. The molecule has 2 rings (SSSR count). The van der Waals surface area contributed by atoms with Gasteiger partial charge < -0.3 is 15.0 Å². The summed E-state index contributed by atoms with van der Waals surface area (Å²) < 4.78 is 5.24. The van der Waals surface area contributed by atoms with Gasteiger partial charge in [0.05, 0.1) is 6.61 Å². The number of ether oxygens (including phenoxy) is 1. The molecule has 0 spiro atoms. The highest BCUT2D eigenvalue weighted by Crippen LogP contribution is 2.46. The van der Waals surface area contributed by atoms with Crippen LogP contribution < -0.4 is 5.32 Å². The number of carbonyl (C=O) groups excluding carboxylic acids is 3. The molecule has 1 saturated carbocycles. The third kappa shape index (κ3) is 6.94. The van der Waals surface area contributed by atoms with E-state index in [2.05, 4.69) is 32.3 Å². The van der Waals surface area contributed by atoms with Gasteiger partial charge in [-0.2, -0.15) is 0 Å². The first-order valence-electron chi connectivity index (χ1n) is 12.7. The Hall–Kier alpha value is -2.11. The Bertz CT molecular complexity index is 719. The zero-order valence-corrected chi connectivity index (χ0v) is 21.1. The van der Waals surface area contributed by atoms with Crippen LogP contribution in [0.1, 0.15) is 79.1 Å². The number of hydrogen-bond donors (Lipinski definition) is 1. The molecule has 1 N–H and O–H groups in total. The molecule has 2 amide bonds. The van der Waals surface area contributed by atoms with Crippen molar-refractivity contribution in [2.45, 2.75) is 90.6 Å². The molecule has 0 aromatic rings. The zero-order valence-electron chi connectivity index (χ0n) is 21.1. The molecule has 6 heteroatoms. The average Bonchev–Trinajstić information content (AvgIpc) is 3.33. The Labute approximate surface area is 200 Å². The van der Waals surface area contributed by atoms with Crippen LogP contribution in [0.25, 0.3) is 0 Å². The van der Waals surface area contributed by atoms with Crippen LogP contribution in [0, 0.1) is 23.7 Å². The van der Waals surface area contributed by atoms with Crippen LogP contribution in [-0.4, -0.2) is 47.4 Å². The quantitative estimate of drug-likeness (QED) is 0.233. The van der Waals surface area contributed by atoms with Gasteiger partial charge in [0.2, 0.25) is 11.8 Å². The molecule has 1 aliphatic heterocycles. The maximum Gasteiger partial charge on any atom is 0.332 e. The van der Waals surface area contributed by atoms with Crippen LogP contribution in [0.3, 0.4) is 0 Å². The molecule has 2 aliphatic rings. The van der Waals surface area contributed by atoms with Crippen molar-refractivity contribution in [2.24, 2.45) is 23.7 Å². The first kappa shape index (κ1) is 27.1. The second-order valence-electron chi connectivity index (χ2n) is 10.3. The fourth-order valence-corrected chi connectivity index (χ4v) is 5.14. The van der Waals surface area contributed by atoms with Crippen molar-refractivity contribution in [2.75, 3.05) is 13.2 Å². The number of carbonyl (C=O) groups is 3. The summed E-state index contributed by atoms with van der Waals surface area (Å²) >= 11 is 0. The number of rotatable bonds is 14. The standard InChI is InChI=1S/C27H44N2O4/c1-7-10-11-12-13-14-20(6)25(31)29-18-21(15-19(4)5)16-23(29)24(30)28-27(17-22(27)8-2)26(32)33-9-3/h7-8,19-23H,1-2,9-18H2,3-6H3,(H,28,30)/t20-,21+,22+,23-,27+/m0/s1. The third-order valence-corrected chi connectivity index (χ3v) is 7.03. The van der Waals surface area contributed by atoms with E-state index in [9.17, 15) is 14.4 Å².